The van der Waals surface area contributed by atoms with Crippen molar-refractivity contribution < 1.29 is 13.9 Å². The molecule has 0 aliphatic heterocycles. The number of benzene rings is 1. The molecule has 2 aromatic rings. The van der Waals surface area contributed by atoms with Crippen molar-refractivity contribution >= 4 is 35.0 Å². The van der Waals surface area contributed by atoms with E-state index in [1.54, 1.807) is 20.8 Å². The Morgan fingerprint density at radius 2 is 2.04 bits per heavy atom. The molecule has 0 bridgehead atoms. The van der Waals surface area contributed by atoms with Crippen LogP contribution >= 0.6 is 23.2 Å². The molecule has 0 N–H and O–H groups in total. The van der Waals surface area contributed by atoms with Crippen molar-refractivity contribution in [1.29, 1.82) is 0 Å². The predicted octanol–water partition coefficient (Wildman–Crippen LogP) is 5.86. The van der Waals surface area contributed by atoms with Gasteiger partial charge < -0.3 is 4.74 Å². The normalized spacial score (nSPS) is 12.6. The molecular weight excluding hydrogens is 378 g/mol. The number of ether oxygens (including phenoxy) is 1. The van der Waals surface area contributed by atoms with E-state index in [4.69, 9.17) is 27.9 Å². The van der Waals surface area contributed by atoms with E-state index in [-0.39, 0.29) is 0 Å². The predicted molar refractivity (Wildman–Crippen MR) is 102 cm³/mol. The lowest BCUT2D eigenvalue weighted by Gasteiger charge is -2.28. The first kappa shape index (κ1) is 18.9. The molecular formula is C19H19Cl2FN2O2. The van der Waals surface area contributed by atoms with Crippen LogP contribution in [0.5, 0.6) is 0 Å². The minimum absolute atomic E-state index is 0.309. The van der Waals surface area contributed by atoms with E-state index >= 15 is 0 Å². The molecule has 4 nitrogen and oxygen atoms in total. The van der Waals surface area contributed by atoms with Crippen LogP contribution in [-0.2, 0) is 11.2 Å². The molecule has 0 saturated carbocycles. The van der Waals surface area contributed by atoms with Gasteiger partial charge in [-0.25, -0.2) is 9.18 Å². The molecule has 0 saturated heterocycles. The summed E-state index contributed by atoms with van der Waals surface area (Å²) in [4.78, 5) is 18.4. The number of hydrogen-bond acceptors (Lipinski definition) is 3. The van der Waals surface area contributed by atoms with Crippen LogP contribution < -0.4 is 4.90 Å². The van der Waals surface area contributed by atoms with E-state index in [9.17, 15) is 9.18 Å². The van der Waals surface area contributed by atoms with Gasteiger partial charge in [0.1, 0.15) is 11.4 Å². The van der Waals surface area contributed by atoms with Gasteiger partial charge in [0.25, 0.3) is 0 Å². The molecule has 0 atom stereocenters. The number of hydrogen-bond donors (Lipinski definition) is 0. The van der Waals surface area contributed by atoms with Crippen molar-refractivity contribution in [2.24, 2.45) is 0 Å². The van der Waals surface area contributed by atoms with Gasteiger partial charge in [-0.15, -0.1) is 0 Å². The number of aromatic nitrogens is 1. The van der Waals surface area contributed by atoms with Crippen molar-refractivity contribution in [2.45, 2.75) is 39.7 Å². The van der Waals surface area contributed by atoms with Gasteiger partial charge in [-0.1, -0.05) is 23.2 Å². The minimum atomic E-state index is -0.650. The molecule has 1 aliphatic rings. The number of carbonyl (C=O) groups is 1. The monoisotopic (exact) mass is 396 g/mol. The maximum absolute atomic E-state index is 14.4. The van der Waals surface area contributed by atoms with Crippen LogP contribution in [0.25, 0.3) is 11.1 Å². The van der Waals surface area contributed by atoms with Crippen LogP contribution in [0, 0.1) is 5.82 Å². The third-order valence-electron chi connectivity index (χ3n) is 4.08. The molecule has 26 heavy (non-hydrogen) atoms. The van der Waals surface area contributed by atoms with Crippen LogP contribution in [0.1, 0.15) is 39.0 Å². The van der Waals surface area contributed by atoms with Gasteiger partial charge in [-0.2, -0.15) is 0 Å². The molecule has 0 radical (unpaired) electrons. The quantitative estimate of drug-likeness (QED) is 0.544. The van der Waals surface area contributed by atoms with Gasteiger partial charge in [0.2, 0.25) is 0 Å². The summed E-state index contributed by atoms with van der Waals surface area (Å²) in [5.41, 5.74) is 2.53. The second-order valence-corrected chi connectivity index (χ2v) is 7.88. The number of nitrogens with zero attached hydrogens (tertiary/aromatic N) is 2. The Bertz CT molecular complexity index is 894. The van der Waals surface area contributed by atoms with Gasteiger partial charge >= 0.3 is 6.09 Å². The largest absolute Gasteiger partial charge is 0.443 e. The average Bonchev–Trinajstić information content (AvgIpc) is 2.89. The van der Waals surface area contributed by atoms with E-state index in [1.807, 2.05) is 6.92 Å². The Kier molecular flexibility index (Phi) is 4.88. The zero-order valence-electron chi connectivity index (χ0n) is 15.0. The Balaban J connectivity index is 2.13. The fourth-order valence-electron chi connectivity index (χ4n) is 3.06. The molecule has 1 aromatic carbocycles. The number of halogens is 3. The first-order valence-electron chi connectivity index (χ1n) is 8.28. The second kappa shape index (κ2) is 6.71. The summed E-state index contributed by atoms with van der Waals surface area (Å²) in [7, 11) is 0. The standard InChI is InChI=1S/C19H19Cl2FN2O2/c1-5-24(18(25)26-19(2,3)4)15-7-10(22)6-12-11(15)8-14-16(12)17(21)13(20)9-23-14/h6-7,9H,5,8H2,1-4H3. The minimum Gasteiger partial charge on any atom is -0.443 e. The smallest absolute Gasteiger partial charge is 0.414 e. The number of carbonyl (C=O) groups excluding carboxylic acids is 1. The summed E-state index contributed by atoms with van der Waals surface area (Å²) in [5, 5.41) is 0.649. The van der Waals surface area contributed by atoms with Crippen molar-refractivity contribution in [2.75, 3.05) is 11.4 Å². The van der Waals surface area contributed by atoms with Crippen molar-refractivity contribution in [1.82, 2.24) is 4.98 Å². The van der Waals surface area contributed by atoms with Gasteiger partial charge in [-0.3, -0.25) is 9.88 Å². The molecule has 138 valence electrons. The Labute approximate surface area is 161 Å². The fourth-order valence-corrected chi connectivity index (χ4v) is 3.47. The number of pyridine rings is 1. The highest BCUT2D eigenvalue weighted by Crippen LogP contribution is 2.46. The van der Waals surface area contributed by atoms with Crippen LogP contribution in [-0.4, -0.2) is 23.2 Å². The first-order chi connectivity index (χ1) is 12.1. The van der Waals surface area contributed by atoms with Crippen LogP contribution in [0.3, 0.4) is 0 Å². The summed E-state index contributed by atoms with van der Waals surface area (Å²) in [6.07, 6.45) is 1.40. The number of rotatable bonds is 2. The van der Waals surface area contributed by atoms with Crippen LogP contribution in [0.4, 0.5) is 14.9 Å². The number of amides is 1. The van der Waals surface area contributed by atoms with E-state index in [1.165, 1.54) is 23.2 Å². The summed E-state index contributed by atoms with van der Waals surface area (Å²) >= 11 is 12.4. The maximum atomic E-state index is 14.4. The summed E-state index contributed by atoms with van der Waals surface area (Å²) in [6.45, 7) is 7.51. The lowest BCUT2D eigenvalue weighted by atomic mass is 10.0. The van der Waals surface area contributed by atoms with Crippen LogP contribution in [0.15, 0.2) is 18.3 Å². The number of anilines is 1. The number of fused-ring (bicyclic) bond motifs is 3. The van der Waals surface area contributed by atoms with E-state index in [0.717, 1.165) is 5.56 Å². The third kappa shape index (κ3) is 3.38. The van der Waals surface area contributed by atoms with E-state index < -0.39 is 17.5 Å². The Morgan fingerprint density at radius 1 is 1.35 bits per heavy atom. The molecule has 1 aliphatic carbocycles. The Hall–Kier alpha value is -1.85. The van der Waals surface area contributed by atoms with E-state index in [2.05, 4.69) is 4.98 Å². The highest BCUT2D eigenvalue weighted by atomic mass is 35.5. The summed E-state index contributed by atoms with van der Waals surface area (Å²) < 4.78 is 19.8. The van der Waals surface area contributed by atoms with Crippen molar-refractivity contribution in [3.8, 4) is 11.1 Å². The molecule has 7 heteroatoms. The SMILES string of the molecule is CCN(C(=O)OC(C)(C)C)c1cc(F)cc2c1Cc1ncc(Cl)c(Cl)c1-2. The molecule has 1 amide bonds. The summed E-state index contributed by atoms with van der Waals surface area (Å²) in [6, 6.07) is 2.74. The molecule has 0 unspecified atom stereocenters. The lowest BCUT2D eigenvalue weighted by molar-refractivity contribution is 0.0582. The summed E-state index contributed by atoms with van der Waals surface area (Å²) in [5.74, 6) is -0.468. The molecule has 1 heterocycles. The highest BCUT2D eigenvalue weighted by molar-refractivity contribution is 6.43. The Morgan fingerprint density at radius 3 is 2.65 bits per heavy atom. The molecule has 1 aromatic heterocycles. The third-order valence-corrected chi connectivity index (χ3v) is 4.85. The van der Waals surface area contributed by atoms with Gasteiger partial charge in [-0.05, 0) is 51.0 Å². The van der Waals surface area contributed by atoms with Crippen molar-refractivity contribution in [3.63, 3.8) is 0 Å². The van der Waals surface area contributed by atoms with Gasteiger partial charge in [0, 0.05) is 24.7 Å². The zero-order chi connectivity index (χ0) is 19.2. The fraction of sp³-hybridized carbons (Fsp3) is 0.368. The van der Waals surface area contributed by atoms with Crippen LogP contribution in [0.2, 0.25) is 10.0 Å². The molecule has 3 rings (SSSR count). The second-order valence-electron chi connectivity index (χ2n) is 7.09. The van der Waals surface area contributed by atoms with Gasteiger partial charge in [0.15, 0.2) is 0 Å². The first-order valence-corrected chi connectivity index (χ1v) is 9.04. The zero-order valence-corrected chi connectivity index (χ0v) is 16.5. The topological polar surface area (TPSA) is 42.4 Å². The van der Waals surface area contributed by atoms with Gasteiger partial charge in [0.05, 0.1) is 21.4 Å². The van der Waals surface area contributed by atoms with E-state index in [0.29, 0.717) is 45.5 Å². The molecule has 0 spiro atoms. The maximum Gasteiger partial charge on any atom is 0.414 e. The average molecular weight is 397 g/mol. The van der Waals surface area contributed by atoms with Crippen molar-refractivity contribution in [3.05, 3.63) is 45.4 Å². The lowest BCUT2D eigenvalue weighted by Crippen LogP contribution is -2.37. The molecule has 0 fully saturated rings. The highest BCUT2D eigenvalue weighted by Gasteiger charge is 2.31.